The van der Waals surface area contributed by atoms with Crippen molar-refractivity contribution in [1.29, 1.82) is 0 Å². The highest BCUT2D eigenvalue weighted by molar-refractivity contribution is 7.89. The Bertz CT molecular complexity index is 964. The number of benzene rings is 2. The highest BCUT2D eigenvalue weighted by atomic mass is 32.2. The molecule has 2 aromatic carbocycles. The van der Waals surface area contributed by atoms with E-state index in [1.165, 1.54) is 28.6 Å². The van der Waals surface area contributed by atoms with Crippen molar-refractivity contribution in [2.45, 2.75) is 18.7 Å². The SMILES string of the molecule is CCN(CC)S(=O)(=O)c1ccc(/C=C/C(=O)OCCOC(=O)c2ccccc2)cc1. The minimum absolute atomic E-state index is 0.0504. The number of nitrogens with zero attached hydrogens (tertiary/aromatic N) is 1. The maximum Gasteiger partial charge on any atom is 0.338 e. The summed E-state index contributed by atoms with van der Waals surface area (Å²) >= 11 is 0. The molecule has 0 unspecified atom stereocenters. The van der Waals surface area contributed by atoms with Gasteiger partial charge in [0, 0.05) is 19.2 Å². The normalized spacial score (nSPS) is 11.6. The number of rotatable bonds is 10. The van der Waals surface area contributed by atoms with E-state index in [0.717, 1.165) is 0 Å². The van der Waals surface area contributed by atoms with Crippen molar-refractivity contribution in [3.8, 4) is 0 Å². The van der Waals surface area contributed by atoms with Gasteiger partial charge in [0.05, 0.1) is 10.5 Å². The zero-order chi connectivity index (χ0) is 22.0. The standard InChI is InChI=1S/C22H25NO6S/c1-3-23(4-2)30(26,27)20-13-10-18(11-14-20)12-15-21(24)28-16-17-29-22(25)19-8-6-5-7-9-19/h5-15H,3-4,16-17H2,1-2H3/b15-12+. The third-order valence-electron chi connectivity index (χ3n) is 4.21. The molecule has 30 heavy (non-hydrogen) atoms. The lowest BCUT2D eigenvalue weighted by molar-refractivity contribution is -0.138. The molecule has 0 aliphatic heterocycles. The molecular weight excluding hydrogens is 406 g/mol. The molecule has 8 heteroatoms. The van der Waals surface area contributed by atoms with Gasteiger partial charge in [-0.15, -0.1) is 0 Å². The largest absolute Gasteiger partial charge is 0.459 e. The Labute approximate surface area is 177 Å². The average molecular weight is 432 g/mol. The van der Waals surface area contributed by atoms with E-state index < -0.39 is 22.0 Å². The van der Waals surface area contributed by atoms with Gasteiger partial charge in [0.1, 0.15) is 13.2 Å². The maximum atomic E-state index is 12.5. The second kappa shape index (κ2) is 11.3. The molecule has 160 valence electrons. The third kappa shape index (κ3) is 6.53. The number of carbonyl (C=O) groups excluding carboxylic acids is 2. The number of hydrogen-bond donors (Lipinski definition) is 0. The molecule has 2 aromatic rings. The van der Waals surface area contributed by atoms with Gasteiger partial charge in [-0.05, 0) is 35.9 Å². The molecule has 0 aliphatic carbocycles. The van der Waals surface area contributed by atoms with Crippen LogP contribution in [-0.2, 0) is 24.3 Å². The van der Waals surface area contributed by atoms with Crippen LogP contribution in [0.15, 0.2) is 65.6 Å². The van der Waals surface area contributed by atoms with Gasteiger partial charge in [-0.3, -0.25) is 0 Å². The zero-order valence-corrected chi connectivity index (χ0v) is 17.8. The van der Waals surface area contributed by atoms with E-state index in [0.29, 0.717) is 24.2 Å². The van der Waals surface area contributed by atoms with Crippen LogP contribution in [0.3, 0.4) is 0 Å². The predicted molar refractivity (Wildman–Crippen MR) is 113 cm³/mol. The first-order valence-electron chi connectivity index (χ1n) is 9.55. The van der Waals surface area contributed by atoms with Crippen molar-refractivity contribution in [3.63, 3.8) is 0 Å². The summed E-state index contributed by atoms with van der Waals surface area (Å²) < 4.78 is 36.3. The van der Waals surface area contributed by atoms with Gasteiger partial charge in [0.25, 0.3) is 0 Å². The Morgan fingerprint density at radius 1 is 0.900 bits per heavy atom. The fraction of sp³-hybridized carbons (Fsp3) is 0.273. The van der Waals surface area contributed by atoms with Crippen LogP contribution in [0.4, 0.5) is 0 Å². The van der Waals surface area contributed by atoms with Crippen LogP contribution in [-0.4, -0.2) is 51.0 Å². The second-order valence-electron chi connectivity index (χ2n) is 6.16. The maximum absolute atomic E-state index is 12.5. The Kier molecular flexibility index (Phi) is 8.76. The first-order chi connectivity index (χ1) is 14.4. The van der Waals surface area contributed by atoms with E-state index in [1.54, 1.807) is 56.3 Å². The van der Waals surface area contributed by atoms with Gasteiger partial charge < -0.3 is 9.47 Å². The van der Waals surface area contributed by atoms with Crippen LogP contribution < -0.4 is 0 Å². The summed E-state index contributed by atoms with van der Waals surface area (Å²) in [6, 6.07) is 14.8. The molecule has 0 spiro atoms. The summed E-state index contributed by atoms with van der Waals surface area (Å²) in [5.74, 6) is -1.08. The van der Waals surface area contributed by atoms with Gasteiger partial charge in [0.15, 0.2) is 0 Å². The van der Waals surface area contributed by atoms with Crippen molar-refractivity contribution in [2.75, 3.05) is 26.3 Å². The highest BCUT2D eigenvalue weighted by Crippen LogP contribution is 2.16. The van der Waals surface area contributed by atoms with Crippen LogP contribution in [0, 0.1) is 0 Å². The molecule has 0 heterocycles. The molecule has 0 bridgehead atoms. The second-order valence-corrected chi connectivity index (χ2v) is 8.10. The summed E-state index contributed by atoms with van der Waals surface area (Å²) in [5.41, 5.74) is 1.08. The van der Waals surface area contributed by atoms with Crippen LogP contribution in [0.2, 0.25) is 0 Å². The quantitative estimate of drug-likeness (QED) is 0.326. The summed E-state index contributed by atoms with van der Waals surface area (Å²) in [6.07, 6.45) is 2.75. The summed E-state index contributed by atoms with van der Waals surface area (Å²) in [7, 11) is -3.52. The number of sulfonamides is 1. The molecule has 7 nitrogen and oxygen atoms in total. The molecule has 0 amide bonds. The highest BCUT2D eigenvalue weighted by Gasteiger charge is 2.20. The van der Waals surface area contributed by atoms with Gasteiger partial charge in [-0.2, -0.15) is 4.31 Å². The van der Waals surface area contributed by atoms with Crippen molar-refractivity contribution in [1.82, 2.24) is 4.31 Å². The minimum Gasteiger partial charge on any atom is -0.459 e. The molecular formula is C22H25NO6S. The Morgan fingerprint density at radius 2 is 1.50 bits per heavy atom. The van der Waals surface area contributed by atoms with Crippen molar-refractivity contribution in [3.05, 3.63) is 71.8 Å². The molecule has 2 rings (SSSR count). The predicted octanol–water partition coefficient (Wildman–Crippen LogP) is 3.13. The van der Waals surface area contributed by atoms with E-state index in [-0.39, 0.29) is 18.1 Å². The molecule has 0 fully saturated rings. The van der Waals surface area contributed by atoms with Gasteiger partial charge in [0.2, 0.25) is 10.0 Å². The van der Waals surface area contributed by atoms with Crippen LogP contribution in [0.5, 0.6) is 0 Å². The monoisotopic (exact) mass is 431 g/mol. The topological polar surface area (TPSA) is 90.0 Å². The van der Waals surface area contributed by atoms with E-state index >= 15 is 0 Å². The average Bonchev–Trinajstić information content (AvgIpc) is 2.76. The van der Waals surface area contributed by atoms with E-state index in [1.807, 2.05) is 0 Å². The van der Waals surface area contributed by atoms with Crippen molar-refractivity contribution in [2.24, 2.45) is 0 Å². The molecule has 0 atom stereocenters. The molecule has 0 N–H and O–H groups in total. The summed E-state index contributed by atoms with van der Waals surface area (Å²) in [6.45, 7) is 4.24. The first-order valence-corrected chi connectivity index (χ1v) is 11.0. The fourth-order valence-electron chi connectivity index (χ4n) is 2.61. The first kappa shape index (κ1) is 23.3. The van der Waals surface area contributed by atoms with E-state index in [4.69, 9.17) is 9.47 Å². The smallest absolute Gasteiger partial charge is 0.338 e. The summed E-state index contributed by atoms with van der Waals surface area (Å²) in [5, 5.41) is 0. The van der Waals surface area contributed by atoms with Gasteiger partial charge >= 0.3 is 11.9 Å². The lowest BCUT2D eigenvalue weighted by atomic mass is 10.2. The van der Waals surface area contributed by atoms with Gasteiger partial charge in [-0.1, -0.05) is 44.2 Å². The third-order valence-corrected chi connectivity index (χ3v) is 6.27. The Hall–Kier alpha value is -2.97. The molecule has 0 saturated heterocycles. The minimum atomic E-state index is -3.52. The number of esters is 2. The van der Waals surface area contributed by atoms with Crippen molar-refractivity contribution < 1.29 is 27.5 Å². The Morgan fingerprint density at radius 3 is 2.10 bits per heavy atom. The number of carbonyl (C=O) groups is 2. The van der Waals surface area contributed by atoms with Crippen LogP contribution in [0.25, 0.3) is 6.08 Å². The van der Waals surface area contributed by atoms with Gasteiger partial charge in [-0.25, -0.2) is 18.0 Å². The lowest BCUT2D eigenvalue weighted by Crippen LogP contribution is -2.30. The molecule has 0 aliphatic rings. The molecule has 0 aromatic heterocycles. The van der Waals surface area contributed by atoms with Crippen LogP contribution in [0.1, 0.15) is 29.8 Å². The number of hydrogen-bond acceptors (Lipinski definition) is 6. The fourth-order valence-corrected chi connectivity index (χ4v) is 4.07. The lowest BCUT2D eigenvalue weighted by Gasteiger charge is -2.18. The molecule has 0 saturated carbocycles. The van der Waals surface area contributed by atoms with E-state index in [2.05, 4.69) is 0 Å². The Balaban J connectivity index is 1.81. The number of ether oxygens (including phenoxy) is 2. The summed E-state index contributed by atoms with van der Waals surface area (Å²) in [4.78, 5) is 23.7. The zero-order valence-electron chi connectivity index (χ0n) is 17.0. The van der Waals surface area contributed by atoms with E-state index in [9.17, 15) is 18.0 Å². The van der Waals surface area contributed by atoms with Crippen LogP contribution >= 0.6 is 0 Å². The van der Waals surface area contributed by atoms with Crippen molar-refractivity contribution >= 4 is 28.0 Å². The molecule has 0 radical (unpaired) electrons.